The smallest absolute Gasteiger partial charge is 0.322 e. The molecule has 1 saturated heterocycles. The van der Waals surface area contributed by atoms with Gasteiger partial charge in [-0.3, -0.25) is 5.10 Å². The van der Waals surface area contributed by atoms with Gasteiger partial charge in [-0.2, -0.15) is 5.10 Å². The molecule has 1 aliphatic rings. The number of aryl methyl sites for hydroxylation is 3. The molecule has 2 amide bonds. The molecule has 0 bridgehead atoms. The lowest BCUT2D eigenvalue weighted by atomic mass is 10.0. The van der Waals surface area contributed by atoms with Gasteiger partial charge >= 0.3 is 6.03 Å². The second-order valence-corrected chi connectivity index (χ2v) is 6.96. The average molecular weight is 357 g/mol. The Morgan fingerprint density at radius 1 is 1.35 bits per heavy atom. The van der Waals surface area contributed by atoms with Crippen LogP contribution in [0.25, 0.3) is 0 Å². The van der Waals surface area contributed by atoms with Crippen LogP contribution in [0, 0.1) is 20.8 Å². The number of hydrogen-bond donors (Lipinski definition) is 2. The third-order valence-electron chi connectivity index (χ3n) is 4.84. The number of nitrogens with zero attached hydrogens (tertiary/aromatic N) is 3. The molecule has 0 aliphatic carbocycles. The van der Waals surface area contributed by atoms with Crippen molar-refractivity contribution in [3.8, 4) is 0 Å². The van der Waals surface area contributed by atoms with Gasteiger partial charge in [0.2, 0.25) is 0 Å². The predicted molar refractivity (Wildman–Crippen MR) is 103 cm³/mol. The number of aromatic nitrogens is 2. The zero-order valence-corrected chi connectivity index (χ0v) is 16.1. The molecular formula is C19H27N5O2. The second kappa shape index (κ2) is 7.37. The molecule has 0 spiro atoms. The Morgan fingerprint density at radius 3 is 2.73 bits per heavy atom. The molecule has 2 N–H and O–H groups in total. The van der Waals surface area contributed by atoms with E-state index >= 15 is 0 Å². The van der Waals surface area contributed by atoms with E-state index in [0.29, 0.717) is 19.8 Å². The van der Waals surface area contributed by atoms with E-state index in [4.69, 9.17) is 4.74 Å². The lowest BCUT2D eigenvalue weighted by Crippen LogP contribution is -2.45. The van der Waals surface area contributed by atoms with Crippen molar-refractivity contribution < 1.29 is 9.53 Å². The van der Waals surface area contributed by atoms with Crippen LogP contribution in [0.2, 0.25) is 0 Å². The maximum absolute atomic E-state index is 12.9. The first kappa shape index (κ1) is 18.3. The molecule has 7 nitrogen and oxygen atoms in total. The molecule has 26 heavy (non-hydrogen) atoms. The minimum Gasteiger partial charge on any atom is -0.377 e. The number of H-pyrrole nitrogens is 1. The van der Waals surface area contributed by atoms with Crippen LogP contribution >= 0.6 is 0 Å². The quantitative estimate of drug-likeness (QED) is 0.886. The van der Waals surface area contributed by atoms with Gasteiger partial charge in [-0.05, 0) is 44.5 Å². The number of hydrogen-bond acceptors (Lipinski definition) is 4. The van der Waals surface area contributed by atoms with Crippen molar-refractivity contribution in [3.05, 3.63) is 40.7 Å². The van der Waals surface area contributed by atoms with Gasteiger partial charge in [0.1, 0.15) is 0 Å². The molecule has 0 saturated carbocycles. The number of carbonyl (C=O) groups excluding carboxylic acids is 1. The molecule has 7 heteroatoms. The number of nitrogens with one attached hydrogen (secondary N) is 2. The monoisotopic (exact) mass is 357 g/mol. The summed E-state index contributed by atoms with van der Waals surface area (Å²) >= 11 is 0. The highest BCUT2D eigenvalue weighted by molar-refractivity contribution is 5.90. The first-order chi connectivity index (χ1) is 12.4. The minimum absolute atomic E-state index is 0.115. The van der Waals surface area contributed by atoms with E-state index in [9.17, 15) is 4.79 Å². The van der Waals surface area contributed by atoms with Gasteiger partial charge in [0.15, 0.2) is 0 Å². The highest BCUT2D eigenvalue weighted by Gasteiger charge is 2.32. The summed E-state index contributed by atoms with van der Waals surface area (Å²) in [5.41, 5.74) is 5.97. The normalized spacial score (nSPS) is 17.3. The second-order valence-electron chi connectivity index (χ2n) is 6.96. The van der Waals surface area contributed by atoms with Crippen molar-refractivity contribution in [2.24, 2.45) is 0 Å². The van der Waals surface area contributed by atoms with Crippen LogP contribution < -0.4 is 10.2 Å². The number of amides is 2. The summed E-state index contributed by atoms with van der Waals surface area (Å²) in [6, 6.07) is 5.70. The van der Waals surface area contributed by atoms with E-state index in [-0.39, 0.29) is 12.1 Å². The molecule has 140 valence electrons. The third-order valence-corrected chi connectivity index (χ3v) is 4.84. The topological polar surface area (TPSA) is 73.5 Å². The summed E-state index contributed by atoms with van der Waals surface area (Å²) in [4.78, 5) is 16.8. The number of urea groups is 1. The van der Waals surface area contributed by atoms with Crippen LogP contribution in [0.15, 0.2) is 18.2 Å². The van der Waals surface area contributed by atoms with E-state index in [1.165, 1.54) is 0 Å². The molecule has 1 aromatic heterocycles. The fourth-order valence-corrected chi connectivity index (χ4v) is 3.57. The first-order valence-corrected chi connectivity index (χ1v) is 8.83. The summed E-state index contributed by atoms with van der Waals surface area (Å²) in [5.74, 6) is 0. The van der Waals surface area contributed by atoms with Crippen LogP contribution in [0.3, 0.4) is 0 Å². The zero-order chi connectivity index (χ0) is 18.8. The molecular weight excluding hydrogens is 330 g/mol. The highest BCUT2D eigenvalue weighted by Crippen LogP contribution is 2.29. The van der Waals surface area contributed by atoms with E-state index in [1.54, 1.807) is 0 Å². The van der Waals surface area contributed by atoms with Crippen molar-refractivity contribution in [2.75, 3.05) is 44.1 Å². The molecule has 1 fully saturated rings. The molecule has 2 aromatic rings. The Labute approximate surface area is 154 Å². The number of rotatable bonds is 3. The Bertz CT molecular complexity index is 780. The Kier molecular flexibility index (Phi) is 5.18. The van der Waals surface area contributed by atoms with Gasteiger partial charge in [0.25, 0.3) is 0 Å². The van der Waals surface area contributed by atoms with Gasteiger partial charge < -0.3 is 19.9 Å². The number of aromatic amines is 1. The van der Waals surface area contributed by atoms with Crippen LogP contribution in [0.4, 0.5) is 16.2 Å². The fourth-order valence-electron chi connectivity index (χ4n) is 3.57. The molecule has 1 aliphatic heterocycles. The Hall–Kier alpha value is -2.54. The Balaban J connectivity index is 1.80. The number of morpholine rings is 1. The predicted octanol–water partition coefficient (Wildman–Crippen LogP) is 3.01. The fraction of sp³-hybridized carbons (Fsp3) is 0.474. The molecule has 2 heterocycles. The van der Waals surface area contributed by atoms with Gasteiger partial charge in [-0.25, -0.2) is 4.79 Å². The zero-order valence-electron chi connectivity index (χ0n) is 16.1. The number of ether oxygens (including phenoxy) is 1. The summed E-state index contributed by atoms with van der Waals surface area (Å²) in [5, 5.41) is 10.3. The van der Waals surface area contributed by atoms with Crippen molar-refractivity contribution in [3.63, 3.8) is 0 Å². The minimum atomic E-state index is -0.135. The van der Waals surface area contributed by atoms with E-state index in [1.807, 2.05) is 58.0 Å². The van der Waals surface area contributed by atoms with Crippen LogP contribution in [-0.2, 0) is 4.74 Å². The largest absolute Gasteiger partial charge is 0.377 e. The average Bonchev–Trinajstić information content (AvgIpc) is 2.93. The number of benzene rings is 1. The summed E-state index contributed by atoms with van der Waals surface area (Å²) in [6.07, 6.45) is 0. The lowest BCUT2D eigenvalue weighted by Gasteiger charge is -2.36. The van der Waals surface area contributed by atoms with Gasteiger partial charge in [-0.15, -0.1) is 0 Å². The standard InChI is InChI=1S/C19H27N5O2/c1-12-10-15(6-7-16(12)23(4)5)20-19(25)24-8-9-26-11-17(24)18-13(2)21-22-14(18)3/h6-7,10,17H,8-9,11H2,1-5H3,(H,20,25)(H,21,22)/t17-/m0/s1. The SMILES string of the molecule is Cc1cc(NC(=O)N2CCOC[C@H]2c2c(C)n[nH]c2C)ccc1N(C)C. The maximum Gasteiger partial charge on any atom is 0.322 e. The van der Waals surface area contributed by atoms with Gasteiger partial charge in [-0.1, -0.05) is 0 Å². The third kappa shape index (κ3) is 3.53. The maximum atomic E-state index is 12.9. The Morgan fingerprint density at radius 2 is 2.12 bits per heavy atom. The van der Waals surface area contributed by atoms with Crippen LogP contribution in [0.1, 0.15) is 28.6 Å². The van der Waals surface area contributed by atoms with Gasteiger partial charge in [0, 0.05) is 43.3 Å². The number of carbonyl (C=O) groups is 1. The number of anilines is 2. The molecule has 1 atom stereocenters. The molecule has 3 rings (SSSR count). The van der Waals surface area contributed by atoms with Crippen molar-refractivity contribution in [1.82, 2.24) is 15.1 Å². The van der Waals surface area contributed by atoms with E-state index in [0.717, 1.165) is 33.9 Å². The first-order valence-electron chi connectivity index (χ1n) is 8.83. The molecule has 1 aromatic carbocycles. The molecule has 0 radical (unpaired) electrons. The van der Waals surface area contributed by atoms with E-state index < -0.39 is 0 Å². The molecule has 0 unspecified atom stereocenters. The van der Waals surface area contributed by atoms with Gasteiger partial charge in [0.05, 0.1) is 24.9 Å². The van der Waals surface area contributed by atoms with Crippen molar-refractivity contribution in [2.45, 2.75) is 26.8 Å². The summed E-state index contributed by atoms with van der Waals surface area (Å²) < 4.78 is 5.64. The lowest BCUT2D eigenvalue weighted by molar-refractivity contribution is 0.0143. The van der Waals surface area contributed by atoms with Crippen LogP contribution in [0.5, 0.6) is 0 Å². The van der Waals surface area contributed by atoms with Crippen molar-refractivity contribution in [1.29, 1.82) is 0 Å². The summed E-state index contributed by atoms with van der Waals surface area (Å²) in [7, 11) is 4.02. The van der Waals surface area contributed by atoms with Crippen molar-refractivity contribution >= 4 is 17.4 Å². The highest BCUT2D eigenvalue weighted by atomic mass is 16.5. The summed E-state index contributed by atoms with van der Waals surface area (Å²) in [6.45, 7) is 7.54. The van der Waals surface area contributed by atoms with E-state index in [2.05, 4.69) is 20.4 Å². The van der Waals surface area contributed by atoms with Crippen LogP contribution in [-0.4, -0.2) is 55.0 Å².